The first-order valence-corrected chi connectivity index (χ1v) is 10.4. The van der Waals surface area contributed by atoms with E-state index in [0.717, 1.165) is 11.3 Å². The molecule has 6 nitrogen and oxygen atoms in total. The zero-order valence-electron chi connectivity index (χ0n) is 19.4. The number of esters is 1. The van der Waals surface area contributed by atoms with E-state index in [9.17, 15) is 9.59 Å². The molecule has 0 aliphatic carbocycles. The van der Waals surface area contributed by atoms with Gasteiger partial charge >= 0.3 is 5.97 Å². The van der Waals surface area contributed by atoms with E-state index in [0.29, 0.717) is 17.2 Å². The van der Waals surface area contributed by atoms with Crippen LogP contribution in [0.25, 0.3) is 0 Å². The summed E-state index contributed by atoms with van der Waals surface area (Å²) in [4.78, 5) is 25.0. The molecule has 0 unspecified atom stereocenters. The normalized spacial score (nSPS) is 12.3. The average Bonchev–Trinajstić information content (AvgIpc) is 2.67. The molecule has 1 N–H and O–H groups in total. The first kappa shape index (κ1) is 24.3. The van der Waals surface area contributed by atoms with Crippen LogP contribution in [0.4, 0.5) is 5.69 Å². The van der Waals surface area contributed by atoms with Gasteiger partial charge in [-0.1, -0.05) is 19.9 Å². The van der Waals surface area contributed by atoms with E-state index in [4.69, 9.17) is 14.2 Å². The van der Waals surface area contributed by atoms with E-state index < -0.39 is 11.5 Å². The lowest BCUT2D eigenvalue weighted by Crippen LogP contribution is -2.32. The highest BCUT2D eigenvalue weighted by Gasteiger charge is 2.28. The highest BCUT2D eigenvalue weighted by molar-refractivity contribution is 5.94. The van der Waals surface area contributed by atoms with E-state index >= 15 is 0 Å². The minimum Gasteiger partial charge on any atom is -0.496 e. The van der Waals surface area contributed by atoms with Gasteiger partial charge < -0.3 is 19.5 Å². The van der Waals surface area contributed by atoms with Crippen molar-refractivity contribution in [1.82, 2.24) is 0 Å². The predicted molar refractivity (Wildman–Crippen MR) is 122 cm³/mol. The van der Waals surface area contributed by atoms with Crippen LogP contribution in [-0.4, -0.2) is 24.6 Å². The predicted octanol–water partition coefficient (Wildman–Crippen LogP) is 5.74. The molecular weight excluding hydrogens is 394 g/mol. The van der Waals surface area contributed by atoms with Crippen molar-refractivity contribution in [3.8, 4) is 17.2 Å². The molecule has 6 heteroatoms. The Labute approximate surface area is 184 Å². The minimum atomic E-state index is -0.577. The van der Waals surface area contributed by atoms with Crippen LogP contribution in [0.2, 0.25) is 0 Å². The second-order valence-electron chi connectivity index (χ2n) is 8.89. The molecule has 31 heavy (non-hydrogen) atoms. The van der Waals surface area contributed by atoms with Gasteiger partial charge in [-0.05, 0) is 69.5 Å². The summed E-state index contributed by atoms with van der Waals surface area (Å²) in [5.74, 6) is 0.981. The van der Waals surface area contributed by atoms with Crippen LogP contribution in [0.3, 0.4) is 0 Å². The van der Waals surface area contributed by atoms with Crippen molar-refractivity contribution in [3.63, 3.8) is 0 Å². The largest absolute Gasteiger partial charge is 0.496 e. The van der Waals surface area contributed by atoms with Crippen LogP contribution in [0, 0.1) is 18.8 Å². The molecule has 1 amide bonds. The number of carbonyl (C=O) groups excluding carboxylic acids is 2. The lowest BCUT2D eigenvalue weighted by atomic mass is 9.91. The Balaban J connectivity index is 2.01. The van der Waals surface area contributed by atoms with E-state index in [2.05, 4.69) is 5.32 Å². The second-order valence-corrected chi connectivity index (χ2v) is 8.89. The van der Waals surface area contributed by atoms with Crippen LogP contribution in [-0.2, 0) is 14.3 Å². The fourth-order valence-electron chi connectivity index (χ4n) is 3.04. The molecule has 168 valence electrons. The zero-order valence-corrected chi connectivity index (χ0v) is 19.4. The zero-order chi connectivity index (χ0) is 23.2. The Morgan fingerprint density at radius 1 is 1.00 bits per heavy atom. The molecule has 0 saturated heterocycles. The number of anilines is 1. The van der Waals surface area contributed by atoms with E-state index in [1.54, 1.807) is 31.4 Å². The molecule has 2 aromatic carbocycles. The fraction of sp³-hybridized carbons (Fsp3) is 0.440. The van der Waals surface area contributed by atoms with Crippen molar-refractivity contribution >= 4 is 17.6 Å². The quantitative estimate of drug-likeness (QED) is 0.544. The van der Waals surface area contributed by atoms with Gasteiger partial charge in [0.05, 0.1) is 19.4 Å². The molecule has 2 aromatic rings. The molecule has 0 spiro atoms. The monoisotopic (exact) mass is 427 g/mol. The maximum atomic E-state index is 12.8. The van der Waals surface area contributed by atoms with Gasteiger partial charge in [0.1, 0.15) is 22.8 Å². The molecule has 0 bridgehead atoms. The maximum Gasteiger partial charge on any atom is 0.307 e. The van der Waals surface area contributed by atoms with E-state index in [-0.39, 0.29) is 24.2 Å². The van der Waals surface area contributed by atoms with E-state index in [1.165, 1.54) is 0 Å². The fourth-order valence-corrected chi connectivity index (χ4v) is 3.04. The molecule has 0 heterocycles. The van der Waals surface area contributed by atoms with Gasteiger partial charge in [-0.3, -0.25) is 9.59 Å². The standard InChI is InChI=1S/C25H33NO5/c1-16(2)21(15-23(27)31-25(4,5)6)24(28)26-18-9-12-19(13-10-18)30-20-11-8-17(3)22(14-20)29-7/h8-14,16,21H,15H2,1-7H3,(H,26,28)/t21-/m1/s1. The summed E-state index contributed by atoms with van der Waals surface area (Å²) in [5.41, 5.74) is 1.08. The Kier molecular flexibility index (Phi) is 8.08. The van der Waals surface area contributed by atoms with Gasteiger partial charge in [-0.2, -0.15) is 0 Å². The summed E-state index contributed by atoms with van der Waals surface area (Å²) >= 11 is 0. The summed E-state index contributed by atoms with van der Waals surface area (Å²) in [5, 5.41) is 2.89. The Hall–Kier alpha value is -3.02. The van der Waals surface area contributed by atoms with Gasteiger partial charge in [-0.15, -0.1) is 0 Å². The molecule has 0 aromatic heterocycles. The molecule has 0 radical (unpaired) electrons. The highest BCUT2D eigenvalue weighted by atomic mass is 16.6. The first-order valence-electron chi connectivity index (χ1n) is 10.4. The number of aryl methyl sites for hydroxylation is 1. The van der Waals surface area contributed by atoms with Crippen molar-refractivity contribution in [2.45, 2.75) is 53.6 Å². The van der Waals surface area contributed by atoms with Crippen molar-refractivity contribution < 1.29 is 23.8 Å². The SMILES string of the molecule is COc1cc(Oc2ccc(NC(=O)[C@H](CC(=O)OC(C)(C)C)C(C)C)cc2)ccc1C. The third kappa shape index (κ3) is 7.63. The number of rotatable bonds is 8. The van der Waals surface area contributed by atoms with Crippen molar-refractivity contribution in [1.29, 1.82) is 0 Å². The smallest absolute Gasteiger partial charge is 0.307 e. The Morgan fingerprint density at radius 3 is 2.16 bits per heavy atom. The molecular formula is C25H33NO5. The number of hydrogen-bond acceptors (Lipinski definition) is 5. The highest BCUT2D eigenvalue weighted by Crippen LogP contribution is 2.29. The minimum absolute atomic E-state index is 0.00774. The van der Waals surface area contributed by atoms with E-state index in [1.807, 2.05) is 59.7 Å². The number of ether oxygens (including phenoxy) is 3. The lowest BCUT2D eigenvalue weighted by molar-refractivity contribution is -0.157. The van der Waals surface area contributed by atoms with Crippen LogP contribution in [0.5, 0.6) is 17.2 Å². The summed E-state index contributed by atoms with van der Waals surface area (Å²) in [6.07, 6.45) is 0.0389. The van der Waals surface area contributed by atoms with Crippen LogP contribution >= 0.6 is 0 Å². The van der Waals surface area contributed by atoms with Crippen molar-refractivity contribution in [2.24, 2.45) is 11.8 Å². The van der Waals surface area contributed by atoms with Crippen LogP contribution in [0.1, 0.15) is 46.6 Å². The Bertz CT molecular complexity index is 897. The van der Waals surface area contributed by atoms with Crippen LogP contribution in [0.15, 0.2) is 42.5 Å². The third-order valence-electron chi connectivity index (χ3n) is 4.69. The number of amides is 1. The molecule has 0 aliphatic heterocycles. The summed E-state index contributed by atoms with van der Waals surface area (Å²) in [6.45, 7) is 11.2. The van der Waals surface area contributed by atoms with Gasteiger partial charge in [0.15, 0.2) is 0 Å². The third-order valence-corrected chi connectivity index (χ3v) is 4.69. The summed E-state index contributed by atoms with van der Waals surface area (Å²) < 4.78 is 16.6. The van der Waals surface area contributed by atoms with Gasteiger partial charge in [0, 0.05) is 11.8 Å². The van der Waals surface area contributed by atoms with Gasteiger partial charge in [-0.25, -0.2) is 0 Å². The lowest BCUT2D eigenvalue weighted by Gasteiger charge is -2.23. The summed E-state index contributed by atoms with van der Waals surface area (Å²) in [6, 6.07) is 12.7. The number of methoxy groups -OCH3 is 1. The average molecular weight is 428 g/mol. The van der Waals surface area contributed by atoms with Gasteiger partial charge in [0.2, 0.25) is 5.91 Å². The topological polar surface area (TPSA) is 73.9 Å². The van der Waals surface area contributed by atoms with Crippen molar-refractivity contribution in [3.05, 3.63) is 48.0 Å². The number of carbonyl (C=O) groups is 2. The molecule has 1 atom stereocenters. The van der Waals surface area contributed by atoms with Crippen LogP contribution < -0.4 is 14.8 Å². The maximum absolute atomic E-state index is 12.8. The van der Waals surface area contributed by atoms with Gasteiger partial charge in [0.25, 0.3) is 0 Å². The first-order chi connectivity index (χ1) is 14.5. The second kappa shape index (κ2) is 10.3. The number of benzene rings is 2. The number of nitrogens with one attached hydrogen (secondary N) is 1. The number of hydrogen-bond donors (Lipinski definition) is 1. The molecule has 2 rings (SSSR count). The molecule has 0 fully saturated rings. The van der Waals surface area contributed by atoms with Crippen molar-refractivity contribution in [2.75, 3.05) is 12.4 Å². The molecule has 0 saturated carbocycles. The Morgan fingerprint density at radius 2 is 1.61 bits per heavy atom. The molecule has 0 aliphatic rings. The summed E-state index contributed by atoms with van der Waals surface area (Å²) in [7, 11) is 1.62.